The van der Waals surface area contributed by atoms with E-state index in [4.69, 9.17) is 0 Å². The van der Waals surface area contributed by atoms with Crippen LogP contribution in [0.1, 0.15) is 36.3 Å². The molecule has 0 aromatic heterocycles. The van der Waals surface area contributed by atoms with Gasteiger partial charge in [-0.25, -0.2) is 0 Å². The van der Waals surface area contributed by atoms with Crippen molar-refractivity contribution in [2.75, 3.05) is 0 Å². The average molecular weight is 242 g/mol. The maximum atomic E-state index is 12.4. The fourth-order valence-electron chi connectivity index (χ4n) is 2.12. The molecule has 0 aliphatic heterocycles. The van der Waals surface area contributed by atoms with Crippen LogP contribution in [0.25, 0.3) is 0 Å². The molecule has 92 valence electrons. The van der Waals surface area contributed by atoms with E-state index in [9.17, 15) is 18.0 Å². The number of rotatable bonds is 4. The Labute approximate surface area is 97.6 Å². The van der Waals surface area contributed by atoms with Crippen LogP contribution in [0.5, 0.6) is 0 Å². The monoisotopic (exact) mass is 242 g/mol. The van der Waals surface area contributed by atoms with Crippen molar-refractivity contribution in [1.82, 2.24) is 0 Å². The van der Waals surface area contributed by atoms with Crippen molar-refractivity contribution in [3.05, 3.63) is 35.4 Å². The summed E-state index contributed by atoms with van der Waals surface area (Å²) in [5.74, 6) is 0.562. The van der Waals surface area contributed by atoms with Crippen LogP contribution in [0.2, 0.25) is 0 Å². The van der Waals surface area contributed by atoms with Gasteiger partial charge in [0.05, 0.1) is 5.56 Å². The zero-order chi connectivity index (χ0) is 12.5. The first kappa shape index (κ1) is 12.1. The third-order valence-electron chi connectivity index (χ3n) is 3.21. The number of hydrogen-bond acceptors (Lipinski definition) is 1. The van der Waals surface area contributed by atoms with Gasteiger partial charge >= 0.3 is 6.18 Å². The molecule has 0 radical (unpaired) electrons. The topological polar surface area (TPSA) is 17.1 Å². The number of halogens is 3. The van der Waals surface area contributed by atoms with E-state index in [0.29, 0.717) is 12.3 Å². The minimum atomic E-state index is -4.29. The number of alkyl halides is 3. The summed E-state index contributed by atoms with van der Waals surface area (Å²) in [6.45, 7) is 0. The lowest BCUT2D eigenvalue weighted by molar-refractivity contribution is -0.137. The summed E-state index contributed by atoms with van der Waals surface area (Å²) in [5.41, 5.74) is 0.203. The van der Waals surface area contributed by atoms with E-state index in [1.807, 2.05) is 0 Å². The molecule has 0 heterocycles. The van der Waals surface area contributed by atoms with Crippen LogP contribution in [0, 0.1) is 5.92 Å². The van der Waals surface area contributed by atoms with Crippen molar-refractivity contribution in [3.63, 3.8) is 0 Å². The Morgan fingerprint density at radius 1 is 1.24 bits per heavy atom. The van der Waals surface area contributed by atoms with E-state index in [1.54, 1.807) is 0 Å². The van der Waals surface area contributed by atoms with Crippen molar-refractivity contribution in [1.29, 1.82) is 0 Å². The van der Waals surface area contributed by atoms with Gasteiger partial charge in [-0.1, -0.05) is 12.1 Å². The third-order valence-corrected chi connectivity index (χ3v) is 3.21. The molecule has 1 aromatic rings. The molecule has 0 saturated heterocycles. The Kier molecular flexibility index (Phi) is 3.22. The zero-order valence-corrected chi connectivity index (χ0v) is 9.20. The Hall–Kier alpha value is -1.32. The summed E-state index contributed by atoms with van der Waals surface area (Å²) < 4.78 is 37.2. The van der Waals surface area contributed by atoms with Crippen LogP contribution < -0.4 is 0 Å². The molecule has 0 N–H and O–H groups in total. The van der Waals surface area contributed by atoms with Gasteiger partial charge in [0.1, 0.15) is 6.29 Å². The van der Waals surface area contributed by atoms with Gasteiger partial charge < -0.3 is 4.79 Å². The normalized spacial score (nSPS) is 17.8. The minimum absolute atomic E-state index is 0.0924. The highest BCUT2D eigenvalue weighted by Gasteiger charge is 2.33. The second kappa shape index (κ2) is 4.51. The first-order chi connectivity index (χ1) is 8.02. The van der Waals surface area contributed by atoms with Gasteiger partial charge in [-0.05, 0) is 42.4 Å². The summed E-state index contributed by atoms with van der Waals surface area (Å²) in [4.78, 5) is 10.6. The number of carbonyl (C=O) groups is 1. The van der Waals surface area contributed by atoms with Gasteiger partial charge in [0.15, 0.2) is 0 Å². The second-order valence-corrected chi connectivity index (χ2v) is 4.47. The Morgan fingerprint density at radius 2 is 1.82 bits per heavy atom. The fourth-order valence-corrected chi connectivity index (χ4v) is 2.12. The van der Waals surface area contributed by atoms with E-state index in [-0.39, 0.29) is 5.92 Å². The maximum Gasteiger partial charge on any atom is 0.416 e. The first-order valence-electron chi connectivity index (χ1n) is 5.63. The van der Waals surface area contributed by atoms with E-state index in [1.165, 1.54) is 12.1 Å². The standard InChI is InChI=1S/C13H13F3O/c14-13(15,16)11-5-3-10(4-6-11)12(7-8-17)9-1-2-9/h3-6,8-9,12H,1-2,7H2. The van der Waals surface area contributed by atoms with Gasteiger partial charge in [-0.3, -0.25) is 0 Å². The molecule has 1 aliphatic carbocycles. The first-order valence-corrected chi connectivity index (χ1v) is 5.63. The average Bonchev–Trinajstić information content (AvgIpc) is 3.09. The van der Waals surface area contributed by atoms with Gasteiger partial charge in [-0.2, -0.15) is 13.2 Å². The fraction of sp³-hybridized carbons (Fsp3) is 0.462. The molecule has 0 amide bonds. The lowest BCUT2D eigenvalue weighted by Crippen LogP contribution is -2.06. The van der Waals surface area contributed by atoms with Crippen molar-refractivity contribution in [3.8, 4) is 0 Å². The van der Waals surface area contributed by atoms with Crippen molar-refractivity contribution >= 4 is 6.29 Å². The van der Waals surface area contributed by atoms with Gasteiger partial charge in [0.25, 0.3) is 0 Å². The SMILES string of the molecule is O=CCC(c1ccc(C(F)(F)F)cc1)C1CC1. The lowest BCUT2D eigenvalue weighted by Gasteiger charge is -2.14. The molecule has 4 heteroatoms. The lowest BCUT2D eigenvalue weighted by atomic mass is 9.91. The van der Waals surface area contributed by atoms with Crippen LogP contribution in [-0.2, 0) is 11.0 Å². The Balaban J connectivity index is 2.18. The molecule has 0 bridgehead atoms. The molecule has 1 aromatic carbocycles. The Morgan fingerprint density at radius 3 is 2.24 bits per heavy atom. The molecule has 1 fully saturated rings. The van der Waals surface area contributed by atoms with Crippen molar-refractivity contribution in [2.45, 2.75) is 31.4 Å². The van der Waals surface area contributed by atoms with Crippen LogP contribution >= 0.6 is 0 Å². The predicted octanol–water partition coefficient (Wildman–Crippen LogP) is 3.79. The minimum Gasteiger partial charge on any atom is -0.303 e. The molecule has 1 aliphatic rings. The van der Waals surface area contributed by atoms with Crippen molar-refractivity contribution in [2.24, 2.45) is 5.92 Å². The van der Waals surface area contributed by atoms with Crippen LogP contribution in [0.15, 0.2) is 24.3 Å². The summed E-state index contributed by atoms with van der Waals surface area (Å²) in [6.07, 6.45) is -0.909. The predicted molar refractivity (Wildman–Crippen MR) is 57.6 cm³/mol. The van der Waals surface area contributed by atoms with E-state index >= 15 is 0 Å². The number of aldehydes is 1. The van der Waals surface area contributed by atoms with Gasteiger partial charge in [0.2, 0.25) is 0 Å². The van der Waals surface area contributed by atoms with Crippen LogP contribution in [0.4, 0.5) is 13.2 Å². The molecular formula is C13H13F3O. The highest BCUT2D eigenvalue weighted by atomic mass is 19.4. The van der Waals surface area contributed by atoms with Gasteiger partial charge in [-0.15, -0.1) is 0 Å². The van der Waals surface area contributed by atoms with Crippen LogP contribution in [0.3, 0.4) is 0 Å². The molecule has 17 heavy (non-hydrogen) atoms. The summed E-state index contributed by atoms with van der Waals surface area (Å²) in [7, 11) is 0. The molecule has 2 rings (SSSR count). The van der Waals surface area contributed by atoms with Crippen molar-refractivity contribution < 1.29 is 18.0 Å². The smallest absolute Gasteiger partial charge is 0.303 e. The quantitative estimate of drug-likeness (QED) is 0.734. The van der Waals surface area contributed by atoms with E-state index in [2.05, 4.69) is 0 Å². The summed E-state index contributed by atoms with van der Waals surface area (Å²) >= 11 is 0. The second-order valence-electron chi connectivity index (χ2n) is 4.47. The maximum absolute atomic E-state index is 12.4. The Bertz CT molecular complexity index is 390. The highest BCUT2D eigenvalue weighted by molar-refractivity contribution is 5.52. The molecule has 1 unspecified atom stereocenters. The van der Waals surface area contributed by atoms with E-state index < -0.39 is 11.7 Å². The van der Waals surface area contributed by atoms with Gasteiger partial charge in [0, 0.05) is 6.42 Å². The number of benzene rings is 1. The largest absolute Gasteiger partial charge is 0.416 e. The summed E-state index contributed by atoms with van der Waals surface area (Å²) in [5, 5.41) is 0. The van der Waals surface area contributed by atoms with Crippen LogP contribution in [-0.4, -0.2) is 6.29 Å². The molecule has 0 spiro atoms. The molecule has 1 atom stereocenters. The molecule has 1 nitrogen and oxygen atoms in total. The highest BCUT2D eigenvalue weighted by Crippen LogP contribution is 2.44. The molecule has 1 saturated carbocycles. The third kappa shape index (κ3) is 2.87. The summed E-state index contributed by atoms with van der Waals surface area (Å²) in [6, 6.07) is 5.18. The molecular weight excluding hydrogens is 229 g/mol. The number of hydrogen-bond donors (Lipinski definition) is 0. The zero-order valence-electron chi connectivity index (χ0n) is 9.20. The van der Waals surface area contributed by atoms with E-state index in [0.717, 1.165) is 36.8 Å². The number of carbonyl (C=O) groups excluding carboxylic acids is 1.